The number of hydrogen-bond acceptors (Lipinski definition) is 7. The summed E-state index contributed by atoms with van der Waals surface area (Å²) in [6, 6.07) is 8.72. The molecule has 3 aromatic heterocycles. The highest BCUT2D eigenvalue weighted by Gasteiger charge is 2.24. The second kappa shape index (κ2) is 9.44. The number of rotatable bonds is 7. The first kappa shape index (κ1) is 22.4. The number of fused-ring (bicyclic) bond motifs is 1. The standard InChI is InChI=1S/C25H32N8O/c1-16-4-5-18(23(8-16)34-3)10-27-13-20-7-6-17(11-28-20)22-9-24(26)33-25(31-22)21(14-30-33)19-12-29-32(2)15-19/h4-5,8-9,12,14-15,17,20,27-28H,6-7,10-11,13,26H2,1-3H3/t17-,20-/m0/s1. The zero-order valence-electron chi connectivity index (χ0n) is 20.0. The molecule has 9 heteroatoms. The molecule has 1 aliphatic rings. The van der Waals surface area contributed by atoms with Crippen LogP contribution in [0.1, 0.15) is 35.6 Å². The van der Waals surface area contributed by atoms with Crippen molar-refractivity contribution in [1.82, 2.24) is 35.0 Å². The van der Waals surface area contributed by atoms with Gasteiger partial charge in [0, 0.05) is 67.6 Å². The zero-order chi connectivity index (χ0) is 23.7. The summed E-state index contributed by atoms with van der Waals surface area (Å²) in [7, 11) is 3.63. The number of ether oxygens (including phenoxy) is 1. The van der Waals surface area contributed by atoms with Crippen LogP contribution in [0.4, 0.5) is 5.82 Å². The molecule has 0 saturated carbocycles. The van der Waals surface area contributed by atoms with Gasteiger partial charge in [-0.05, 0) is 31.4 Å². The number of anilines is 1. The van der Waals surface area contributed by atoms with Gasteiger partial charge in [-0.3, -0.25) is 4.68 Å². The number of piperidine rings is 1. The molecule has 1 aliphatic heterocycles. The van der Waals surface area contributed by atoms with Gasteiger partial charge in [0.05, 0.1) is 25.2 Å². The fourth-order valence-electron chi connectivity index (χ4n) is 4.70. The third kappa shape index (κ3) is 4.49. The molecule has 4 heterocycles. The van der Waals surface area contributed by atoms with E-state index in [9.17, 15) is 0 Å². The Labute approximate surface area is 199 Å². The highest BCUT2D eigenvalue weighted by Crippen LogP contribution is 2.29. The lowest BCUT2D eigenvalue weighted by atomic mass is 9.91. The summed E-state index contributed by atoms with van der Waals surface area (Å²) in [6.07, 6.45) is 7.74. The Morgan fingerprint density at radius 2 is 2.09 bits per heavy atom. The third-order valence-corrected chi connectivity index (χ3v) is 6.62. The molecule has 2 atom stereocenters. The minimum atomic E-state index is 0.317. The monoisotopic (exact) mass is 460 g/mol. The molecule has 4 N–H and O–H groups in total. The number of nitrogen functional groups attached to an aromatic ring is 1. The van der Waals surface area contributed by atoms with Crippen LogP contribution in [0, 0.1) is 6.92 Å². The molecule has 9 nitrogen and oxygen atoms in total. The van der Waals surface area contributed by atoms with Gasteiger partial charge in [0.25, 0.3) is 0 Å². The Kier molecular flexibility index (Phi) is 6.21. The van der Waals surface area contributed by atoms with E-state index in [-0.39, 0.29) is 0 Å². The van der Waals surface area contributed by atoms with Gasteiger partial charge >= 0.3 is 0 Å². The van der Waals surface area contributed by atoms with Gasteiger partial charge in [-0.2, -0.15) is 14.7 Å². The summed E-state index contributed by atoms with van der Waals surface area (Å²) >= 11 is 0. The minimum Gasteiger partial charge on any atom is -0.496 e. The van der Waals surface area contributed by atoms with Crippen molar-refractivity contribution >= 4 is 11.5 Å². The largest absolute Gasteiger partial charge is 0.496 e. The van der Waals surface area contributed by atoms with Gasteiger partial charge in [-0.15, -0.1) is 0 Å². The summed E-state index contributed by atoms with van der Waals surface area (Å²) in [5.74, 6) is 1.86. The molecule has 0 spiro atoms. The number of nitrogens with zero attached hydrogens (tertiary/aromatic N) is 5. The van der Waals surface area contributed by atoms with Crippen LogP contribution in [-0.2, 0) is 13.6 Å². The number of nitrogens with two attached hydrogens (primary N) is 1. The van der Waals surface area contributed by atoms with E-state index in [0.29, 0.717) is 17.8 Å². The second-order valence-corrected chi connectivity index (χ2v) is 9.13. The quantitative estimate of drug-likeness (QED) is 0.389. The van der Waals surface area contributed by atoms with Gasteiger partial charge in [0.1, 0.15) is 11.6 Å². The van der Waals surface area contributed by atoms with Crippen molar-refractivity contribution < 1.29 is 4.74 Å². The van der Waals surface area contributed by atoms with Crippen LogP contribution < -0.4 is 21.1 Å². The number of methoxy groups -OCH3 is 1. The Bertz CT molecular complexity index is 1290. The molecule has 1 aromatic carbocycles. The molecule has 178 valence electrons. The molecule has 1 saturated heterocycles. The molecule has 0 aliphatic carbocycles. The van der Waals surface area contributed by atoms with Crippen molar-refractivity contribution in [3.05, 3.63) is 59.7 Å². The van der Waals surface area contributed by atoms with E-state index in [1.54, 1.807) is 16.3 Å². The van der Waals surface area contributed by atoms with E-state index in [0.717, 1.165) is 60.7 Å². The first-order valence-corrected chi connectivity index (χ1v) is 11.7. The molecule has 0 unspecified atom stereocenters. The number of aryl methyl sites for hydroxylation is 2. The Balaban J connectivity index is 1.22. The van der Waals surface area contributed by atoms with Crippen LogP contribution in [0.2, 0.25) is 0 Å². The minimum absolute atomic E-state index is 0.317. The van der Waals surface area contributed by atoms with Crippen LogP contribution in [-0.4, -0.2) is 50.6 Å². The molecule has 34 heavy (non-hydrogen) atoms. The van der Waals surface area contributed by atoms with Crippen molar-refractivity contribution in [2.75, 3.05) is 25.9 Å². The predicted octanol–water partition coefficient (Wildman–Crippen LogP) is 2.65. The predicted molar refractivity (Wildman–Crippen MR) is 133 cm³/mol. The molecule has 1 fully saturated rings. The van der Waals surface area contributed by atoms with Crippen molar-refractivity contribution in [1.29, 1.82) is 0 Å². The van der Waals surface area contributed by atoms with Crippen LogP contribution in [0.25, 0.3) is 16.8 Å². The van der Waals surface area contributed by atoms with Gasteiger partial charge in [-0.1, -0.05) is 12.1 Å². The lowest BCUT2D eigenvalue weighted by molar-refractivity contribution is 0.348. The summed E-state index contributed by atoms with van der Waals surface area (Å²) in [5.41, 5.74) is 12.4. The maximum atomic E-state index is 6.34. The summed E-state index contributed by atoms with van der Waals surface area (Å²) in [6.45, 7) is 4.65. The van der Waals surface area contributed by atoms with Crippen molar-refractivity contribution in [2.24, 2.45) is 7.05 Å². The van der Waals surface area contributed by atoms with E-state index in [1.807, 2.05) is 31.7 Å². The highest BCUT2D eigenvalue weighted by atomic mass is 16.5. The van der Waals surface area contributed by atoms with E-state index < -0.39 is 0 Å². The van der Waals surface area contributed by atoms with Crippen molar-refractivity contribution in [2.45, 2.75) is 38.3 Å². The molecular weight excluding hydrogens is 428 g/mol. The van der Waals surface area contributed by atoms with Gasteiger partial charge in [-0.25, -0.2) is 4.98 Å². The van der Waals surface area contributed by atoms with E-state index in [2.05, 4.69) is 46.0 Å². The molecule has 4 aromatic rings. The second-order valence-electron chi connectivity index (χ2n) is 9.13. The summed E-state index contributed by atoms with van der Waals surface area (Å²) < 4.78 is 9.00. The summed E-state index contributed by atoms with van der Waals surface area (Å²) in [4.78, 5) is 4.97. The van der Waals surface area contributed by atoms with Gasteiger partial charge in [0.15, 0.2) is 5.65 Å². The molecule has 5 rings (SSSR count). The lowest BCUT2D eigenvalue weighted by Gasteiger charge is -2.30. The lowest BCUT2D eigenvalue weighted by Crippen LogP contribution is -2.44. The highest BCUT2D eigenvalue weighted by molar-refractivity contribution is 5.77. The number of benzene rings is 1. The summed E-state index contributed by atoms with van der Waals surface area (Å²) in [5, 5.41) is 16.0. The average Bonchev–Trinajstić information content (AvgIpc) is 3.46. The van der Waals surface area contributed by atoms with Crippen molar-refractivity contribution in [3.63, 3.8) is 0 Å². The zero-order valence-corrected chi connectivity index (χ0v) is 20.0. The van der Waals surface area contributed by atoms with E-state index >= 15 is 0 Å². The topological polar surface area (TPSA) is 107 Å². The van der Waals surface area contributed by atoms with E-state index in [1.165, 1.54) is 11.1 Å². The van der Waals surface area contributed by atoms with Gasteiger partial charge < -0.3 is 21.1 Å². The number of hydrogen-bond donors (Lipinski definition) is 3. The average molecular weight is 461 g/mol. The first-order valence-electron chi connectivity index (χ1n) is 11.7. The van der Waals surface area contributed by atoms with Crippen LogP contribution in [0.15, 0.2) is 42.9 Å². The van der Waals surface area contributed by atoms with Crippen molar-refractivity contribution in [3.8, 4) is 16.9 Å². The SMILES string of the molecule is COc1cc(C)ccc1CNC[C@@H]1CC[C@H](c2cc(N)n3ncc(-c4cnn(C)c4)c3n2)CN1. The Morgan fingerprint density at radius 1 is 1.21 bits per heavy atom. The fraction of sp³-hybridized carbons (Fsp3) is 0.400. The van der Waals surface area contributed by atoms with Crippen LogP contribution >= 0.6 is 0 Å². The smallest absolute Gasteiger partial charge is 0.165 e. The Hall–Kier alpha value is -3.43. The fourth-order valence-corrected chi connectivity index (χ4v) is 4.70. The molecule has 0 amide bonds. The third-order valence-electron chi connectivity index (χ3n) is 6.62. The maximum Gasteiger partial charge on any atom is 0.165 e. The number of aromatic nitrogens is 5. The van der Waals surface area contributed by atoms with Crippen LogP contribution in [0.5, 0.6) is 5.75 Å². The Morgan fingerprint density at radius 3 is 2.82 bits per heavy atom. The molecule has 0 bridgehead atoms. The van der Waals surface area contributed by atoms with Crippen LogP contribution in [0.3, 0.4) is 0 Å². The first-order chi connectivity index (χ1) is 16.5. The molecule has 0 radical (unpaired) electrons. The number of nitrogens with one attached hydrogen (secondary N) is 2. The van der Waals surface area contributed by atoms with E-state index in [4.69, 9.17) is 15.5 Å². The van der Waals surface area contributed by atoms with Gasteiger partial charge in [0.2, 0.25) is 0 Å². The normalized spacial score (nSPS) is 18.4. The maximum absolute atomic E-state index is 6.34. The molecular formula is C25H32N8O.